The molecule has 0 saturated carbocycles. The zero-order chi connectivity index (χ0) is 18.6. The maximum Gasteiger partial charge on any atom is 0.190 e. The third-order valence-corrected chi connectivity index (χ3v) is 4.97. The molecule has 26 heavy (non-hydrogen) atoms. The number of rotatable bonds is 9. The number of benzene rings is 1. The van der Waals surface area contributed by atoms with Gasteiger partial charge in [0.1, 0.15) is 5.82 Å². The van der Waals surface area contributed by atoms with Crippen LogP contribution in [0.3, 0.4) is 0 Å². The van der Waals surface area contributed by atoms with E-state index in [1.54, 1.807) is 13.1 Å². The van der Waals surface area contributed by atoms with E-state index in [1.165, 1.54) is 51.8 Å². The van der Waals surface area contributed by atoms with E-state index in [0.717, 1.165) is 24.5 Å². The number of aliphatic imine (C=N–C) groups is 1. The summed E-state index contributed by atoms with van der Waals surface area (Å²) < 4.78 is 13.6. The second-order valence-electron chi connectivity index (χ2n) is 6.75. The molecule has 0 spiro atoms. The summed E-state index contributed by atoms with van der Waals surface area (Å²) in [6.07, 6.45) is 2.98. The van der Waals surface area contributed by atoms with Crippen LogP contribution >= 0.6 is 0 Å². The molecule has 0 unspecified atom stereocenters. The number of piperazine rings is 1. The summed E-state index contributed by atoms with van der Waals surface area (Å²) in [7, 11) is 1.77. The Balaban J connectivity index is 1.53. The normalized spacial score (nSPS) is 16.7. The van der Waals surface area contributed by atoms with E-state index < -0.39 is 0 Å². The van der Waals surface area contributed by atoms with Gasteiger partial charge in [-0.1, -0.05) is 25.1 Å². The Morgan fingerprint density at radius 2 is 1.73 bits per heavy atom. The van der Waals surface area contributed by atoms with Gasteiger partial charge in [0.05, 0.1) is 0 Å². The number of unbranched alkanes of at least 4 members (excludes halogenated alkanes) is 1. The highest BCUT2D eigenvalue weighted by Crippen LogP contribution is 2.06. The van der Waals surface area contributed by atoms with E-state index in [0.29, 0.717) is 13.0 Å². The van der Waals surface area contributed by atoms with Crippen molar-refractivity contribution in [1.29, 1.82) is 0 Å². The molecule has 1 aromatic rings. The highest BCUT2D eigenvalue weighted by atomic mass is 19.1. The fraction of sp³-hybridized carbons (Fsp3) is 0.650. The van der Waals surface area contributed by atoms with E-state index in [-0.39, 0.29) is 5.82 Å². The summed E-state index contributed by atoms with van der Waals surface area (Å²) in [6, 6.07) is 6.92. The number of likely N-dealkylation sites (N-methyl/N-ethyl adjacent to an activating group) is 1. The lowest BCUT2D eigenvalue weighted by Gasteiger charge is -2.34. The van der Waals surface area contributed by atoms with E-state index in [2.05, 4.69) is 32.3 Å². The van der Waals surface area contributed by atoms with Gasteiger partial charge in [0, 0.05) is 46.3 Å². The Labute approximate surface area is 157 Å². The van der Waals surface area contributed by atoms with Gasteiger partial charge in [-0.2, -0.15) is 0 Å². The van der Waals surface area contributed by atoms with Crippen molar-refractivity contribution in [2.75, 3.05) is 59.4 Å². The SMILES string of the molecule is CCN1CCN(CCCCNC(=NC)NCCc2ccccc2F)CC1. The molecule has 1 aromatic carbocycles. The minimum atomic E-state index is -0.142. The molecule has 1 saturated heterocycles. The highest BCUT2D eigenvalue weighted by molar-refractivity contribution is 5.79. The van der Waals surface area contributed by atoms with Crippen molar-refractivity contribution in [2.45, 2.75) is 26.2 Å². The number of halogens is 1. The standard InChI is InChI=1S/C20H34FN5/c1-3-25-14-16-26(17-15-25)13-7-6-11-23-20(22-2)24-12-10-18-8-4-5-9-19(18)21/h4-5,8-9H,3,6-7,10-17H2,1-2H3,(H2,22,23,24). The highest BCUT2D eigenvalue weighted by Gasteiger charge is 2.14. The molecule has 0 amide bonds. The maximum absolute atomic E-state index is 13.6. The number of guanidine groups is 1. The summed E-state index contributed by atoms with van der Waals surface area (Å²) in [4.78, 5) is 9.30. The average molecular weight is 364 g/mol. The van der Waals surface area contributed by atoms with Gasteiger partial charge in [0.15, 0.2) is 5.96 Å². The van der Waals surface area contributed by atoms with Crippen LogP contribution in [0, 0.1) is 5.82 Å². The number of hydrogen-bond donors (Lipinski definition) is 2. The first-order valence-corrected chi connectivity index (χ1v) is 9.85. The third kappa shape index (κ3) is 7.30. The van der Waals surface area contributed by atoms with Crippen LogP contribution in [0.4, 0.5) is 4.39 Å². The molecule has 1 aliphatic rings. The molecular weight excluding hydrogens is 329 g/mol. The van der Waals surface area contributed by atoms with Gasteiger partial charge in [-0.05, 0) is 44.0 Å². The first-order valence-electron chi connectivity index (χ1n) is 9.85. The van der Waals surface area contributed by atoms with Gasteiger partial charge >= 0.3 is 0 Å². The second kappa shape index (κ2) is 11.9. The second-order valence-corrected chi connectivity index (χ2v) is 6.75. The molecule has 1 fully saturated rings. The lowest BCUT2D eigenvalue weighted by atomic mass is 10.1. The van der Waals surface area contributed by atoms with Gasteiger partial charge < -0.3 is 20.4 Å². The summed E-state index contributed by atoms with van der Waals surface area (Å²) in [5.41, 5.74) is 0.735. The summed E-state index contributed by atoms with van der Waals surface area (Å²) in [6.45, 7) is 11.0. The van der Waals surface area contributed by atoms with E-state index >= 15 is 0 Å². The van der Waals surface area contributed by atoms with Gasteiger partial charge in [0.2, 0.25) is 0 Å². The minimum Gasteiger partial charge on any atom is -0.356 e. The molecule has 0 radical (unpaired) electrons. The molecule has 2 rings (SSSR count). The minimum absolute atomic E-state index is 0.142. The zero-order valence-electron chi connectivity index (χ0n) is 16.3. The first-order chi connectivity index (χ1) is 12.7. The van der Waals surface area contributed by atoms with Gasteiger partial charge in [0.25, 0.3) is 0 Å². The zero-order valence-corrected chi connectivity index (χ0v) is 16.3. The van der Waals surface area contributed by atoms with Gasteiger partial charge in [-0.3, -0.25) is 4.99 Å². The van der Waals surface area contributed by atoms with Crippen molar-refractivity contribution in [3.05, 3.63) is 35.6 Å². The van der Waals surface area contributed by atoms with Crippen LogP contribution in [0.15, 0.2) is 29.3 Å². The molecule has 0 bridgehead atoms. The molecule has 2 N–H and O–H groups in total. The van der Waals surface area contributed by atoms with E-state index in [9.17, 15) is 4.39 Å². The molecule has 0 aromatic heterocycles. The Kier molecular flexibility index (Phi) is 9.42. The number of hydrogen-bond acceptors (Lipinski definition) is 3. The van der Waals surface area contributed by atoms with Crippen molar-refractivity contribution in [2.24, 2.45) is 4.99 Å². The predicted molar refractivity (Wildman–Crippen MR) is 107 cm³/mol. The molecule has 0 atom stereocenters. The van der Waals surface area contributed by atoms with Crippen LogP contribution in [0.1, 0.15) is 25.3 Å². The predicted octanol–water partition coefficient (Wildman–Crippen LogP) is 1.95. The Hall–Kier alpha value is -1.66. The van der Waals surface area contributed by atoms with Gasteiger partial charge in [-0.25, -0.2) is 4.39 Å². The molecule has 0 aliphatic carbocycles. The number of nitrogens with one attached hydrogen (secondary N) is 2. The Bertz CT molecular complexity index is 541. The van der Waals surface area contributed by atoms with Crippen molar-refractivity contribution < 1.29 is 4.39 Å². The summed E-state index contributed by atoms with van der Waals surface area (Å²) >= 11 is 0. The quantitative estimate of drug-likeness (QED) is 0.400. The summed E-state index contributed by atoms with van der Waals surface area (Å²) in [5, 5.41) is 6.60. The van der Waals surface area contributed by atoms with Crippen LogP contribution in [0.5, 0.6) is 0 Å². The smallest absolute Gasteiger partial charge is 0.190 e. The van der Waals surface area contributed by atoms with Crippen LogP contribution < -0.4 is 10.6 Å². The van der Waals surface area contributed by atoms with E-state index in [4.69, 9.17) is 0 Å². The summed E-state index contributed by atoms with van der Waals surface area (Å²) in [5.74, 6) is 0.648. The monoisotopic (exact) mass is 363 g/mol. The lowest BCUT2D eigenvalue weighted by Crippen LogP contribution is -2.46. The molecule has 5 nitrogen and oxygen atoms in total. The van der Waals surface area contributed by atoms with Crippen LogP contribution in [-0.2, 0) is 6.42 Å². The molecule has 1 heterocycles. The first kappa shape index (κ1) is 20.6. The van der Waals surface area contributed by atoms with Crippen LogP contribution in [-0.4, -0.2) is 75.2 Å². The fourth-order valence-corrected chi connectivity index (χ4v) is 3.23. The fourth-order valence-electron chi connectivity index (χ4n) is 3.23. The molecular formula is C20H34FN5. The molecule has 146 valence electrons. The topological polar surface area (TPSA) is 42.9 Å². The van der Waals surface area contributed by atoms with E-state index in [1.807, 2.05) is 12.1 Å². The van der Waals surface area contributed by atoms with Crippen LogP contribution in [0.2, 0.25) is 0 Å². The Morgan fingerprint density at radius 3 is 2.42 bits per heavy atom. The van der Waals surface area contributed by atoms with Crippen molar-refractivity contribution >= 4 is 5.96 Å². The largest absolute Gasteiger partial charge is 0.356 e. The van der Waals surface area contributed by atoms with Crippen LogP contribution in [0.25, 0.3) is 0 Å². The Morgan fingerprint density at radius 1 is 1.04 bits per heavy atom. The third-order valence-electron chi connectivity index (χ3n) is 4.97. The molecule has 6 heteroatoms. The van der Waals surface area contributed by atoms with Crippen molar-refractivity contribution in [3.8, 4) is 0 Å². The van der Waals surface area contributed by atoms with Crippen molar-refractivity contribution in [3.63, 3.8) is 0 Å². The van der Waals surface area contributed by atoms with Gasteiger partial charge in [-0.15, -0.1) is 0 Å². The maximum atomic E-state index is 13.6. The average Bonchev–Trinajstić information content (AvgIpc) is 2.68. The lowest BCUT2D eigenvalue weighted by molar-refractivity contribution is 0.136. The van der Waals surface area contributed by atoms with Crippen molar-refractivity contribution in [1.82, 2.24) is 20.4 Å². The number of nitrogens with zero attached hydrogens (tertiary/aromatic N) is 3. The molecule has 1 aliphatic heterocycles.